The van der Waals surface area contributed by atoms with E-state index in [-0.39, 0.29) is 0 Å². The topological polar surface area (TPSA) is 9.23 Å². The maximum Gasteiger partial charge on any atom is 0.0717 e. The average molecular weight is 264 g/mol. The first-order valence-corrected chi connectivity index (χ1v) is 6.84. The molecule has 0 atom stereocenters. The van der Waals surface area contributed by atoms with Crippen LogP contribution in [0, 0.1) is 0 Å². The number of hydrogen-bond donors (Lipinski definition) is 0. The van der Waals surface area contributed by atoms with Crippen molar-refractivity contribution in [2.45, 2.75) is 13.0 Å². The van der Waals surface area contributed by atoms with Crippen LogP contribution in [0.4, 0.5) is 0 Å². The second-order valence-corrected chi connectivity index (χ2v) is 4.65. The summed E-state index contributed by atoms with van der Waals surface area (Å²) in [4.78, 5) is 0. The smallest absolute Gasteiger partial charge is 0.0717 e. The summed E-state index contributed by atoms with van der Waals surface area (Å²) in [5.41, 5.74) is 4.77. The quantitative estimate of drug-likeness (QED) is 0.500. The van der Waals surface area contributed by atoms with Crippen LogP contribution in [0.2, 0.25) is 0 Å². The summed E-state index contributed by atoms with van der Waals surface area (Å²) >= 11 is 0. The molecule has 0 aliphatic rings. The molecule has 0 unspecified atom stereocenters. The molecule has 0 saturated heterocycles. The minimum absolute atomic E-state index is 0.656. The lowest BCUT2D eigenvalue weighted by molar-refractivity contribution is 0.125. The van der Waals surface area contributed by atoms with E-state index in [2.05, 4.69) is 61.7 Å². The summed E-state index contributed by atoms with van der Waals surface area (Å²) in [5, 5.41) is 0. The maximum absolute atomic E-state index is 5.55. The molecule has 2 aromatic rings. The van der Waals surface area contributed by atoms with Crippen LogP contribution >= 0.6 is 0 Å². The molecule has 0 aliphatic carbocycles. The van der Waals surface area contributed by atoms with E-state index >= 15 is 0 Å². The molecular formula is C19H20O. The zero-order chi connectivity index (χ0) is 14.2. The number of benzene rings is 2. The van der Waals surface area contributed by atoms with E-state index in [4.69, 9.17) is 4.74 Å². The third-order valence-corrected chi connectivity index (χ3v) is 3.17. The van der Waals surface area contributed by atoms with Crippen LogP contribution in [-0.4, -0.2) is 6.61 Å². The van der Waals surface area contributed by atoms with Gasteiger partial charge < -0.3 is 4.74 Å². The van der Waals surface area contributed by atoms with Gasteiger partial charge in [0, 0.05) is 0 Å². The van der Waals surface area contributed by atoms with Crippen molar-refractivity contribution in [1.29, 1.82) is 0 Å². The van der Waals surface area contributed by atoms with Crippen LogP contribution in [-0.2, 0) is 11.3 Å². The van der Waals surface area contributed by atoms with E-state index in [1.807, 2.05) is 12.2 Å². The Balaban J connectivity index is 1.99. The van der Waals surface area contributed by atoms with Gasteiger partial charge in [-0.1, -0.05) is 67.3 Å². The minimum Gasteiger partial charge on any atom is -0.376 e. The second-order valence-electron chi connectivity index (χ2n) is 4.65. The SMILES string of the molecule is C=CCCOCc1ccc(-c2ccc(C=C)cc2)cc1. The van der Waals surface area contributed by atoms with Crippen molar-refractivity contribution in [1.82, 2.24) is 0 Å². The molecule has 0 bridgehead atoms. The van der Waals surface area contributed by atoms with Gasteiger partial charge in [-0.05, 0) is 28.7 Å². The highest BCUT2D eigenvalue weighted by Gasteiger charge is 1.98. The van der Waals surface area contributed by atoms with Crippen LogP contribution in [0.25, 0.3) is 17.2 Å². The lowest BCUT2D eigenvalue weighted by Crippen LogP contribution is -1.94. The summed E-state index contributed by atoms with van der Waals surface area (Å²) < 4.78 is 5.55. The number of ether oxygens (including phenoxy) is 1. The first-order chi connectivity index (χ1) is 9.83. The van der Waals surface area contributed by atoms with Crippen molar-refractivity contribution in [3.63, 3.8) is 0 Å². The van der Waals surface area contributed by atoms with Gasteiger partial charge in [-0.25, -0.2) is 0 Å². The lowest BCUT2D eigenvalue weighted by atomic mass is 10.0. The summed E-state index contributed by atoms with van der Waals surface area (Å²) in [6, 6.07) is 16.9. The van der Waals surface area contributed by atoms with Crippen molar-refractivity contribution in [2.24, 2.45) is 0 Å². The Bertz CT molecular complexity index is 549. The average Bonchev–Trinajstić information content (AvgIpc) is 2.52. The molecule has 20 heavy (non-hydrogen) atoms. The van der Waals surface area contributed by atoms with E-state index in [1.54, 1.807) is 0 Å². The summed E-state index contributed by atoms with van der Waals surface area (Å²) in [5.74, 6) is 0. The van der Waals surface area contributed by atoms with Crippen LogP contribution in [0.15, 0.2) is 67.8 Å². The van der Waals surface area contributed by atoms with E-state index in [9.17, 15) is 0 Å². The van der Waals surface area contributed by atoms with Gasteiger partial charge in [0.1, 0.15) is 0 Å². The van der Waals surface area contributed by atoms with Gasteiger partial charge in [-0.15, -0.1) is 6.58 Å². The Hall–Kier alpha value is -2.12. The number of rotatable bonds is 7. The second kappa shape index (κ2) is 7.46. The molecule has 1 heteroatoms. The van der Waals surface area contributed by atoms with Gasteiger partial charge in [0.2, 0.25) is 0 Å². The minimum atomic E-state index is 0.656. The molecule has 1 nitrogen and oxygen atoms in total. The molecule has 0 aromatic heterocycles. The lowest BCUT2D eigenvalue weighted by Gasteiger charge is -2.06. The van der Waals surface area contributed by atoms with Crippen LogP contribution in [0.3, 0.4) is 0 Å². The van der Waals surface area contributed by atoms with Crippen molar-refractivity contribution in [2.75, 3.05) is 6.61 Å². The van der Waals surface area contributed by atoms with E-state index < -0.39 is 0 Å². The molecule has 0 spiro atoms. The van der Waals surface area contributed by atoms with Crippen LogP contribution < -0.4 is 0 Å². The number of hydrogen-bond acceptors (Lipinski definition) is 1. The maximum atomic E-state index is 5.55. The third-order valence-electron chi connectivity index (χ3n) is 3.17. The Labute approximate surface area is 121 Å². The molecule has 0 fully saturated rings. The van der Waals surface area contributed by atoms with Crippen molar-refractivity contribution in [3.05, 3.63) is 78.9 Å². The van der Waals surface area contributed by atoms with Gasteiger partial charge in [0.05, 0.1) is 13.2 Å². The fourth-order valence-electron chi connectivity index (χ4n) is 1.96. The van der Waals surface area contributed by atoms with Gasteiger partial charge in [0.15, 0.2) is 0 Å². The van der Waals surface area contributed by atoms with Gasteiger partial charge >= 0.3 is 0 Å². The normalized spacial score (nSPS) is 10.2. The Morgan fingerprint density at radius 1 is 0.850 bits per heavy atom. The predicted octanol–water partition coefficient (Wildman–Crippen LogP) is 5.09. The first kappa shape index (κ1) is 14.3. The van der Waals surface area contributed by atoms with Crippen molar-refractivity contribution in [3.8, 4) is 11.1 Å². The molecule has 0 aliphatic heterocycles. The molecule has 0 N–H and O–H groups in total. The fourth-order valence-corrected chi connectivity index (χ4v) is 1.96. The fraction of sp³-hybridized carbons (Fsp3) is 0.158. The zero-order valence-corrected chi connectivity index (χ0v) is 11.7. The van der Waals surface area contributed by atoms with E-state index in [0.717, 1.165) is 18.6 Å². The molecule has 2 rings (SSSR count). The molecule has 2 aromatic carbocycles. The summed E-state index contributed by atoms with van der Waals surface area (Å²) in [7, 11) is 0. The predicted molar refractivity (Wildman–Crippen MR) is 86.4 cm³/mol. The first-order valence-electron chi connectivity index (χ1n) is 6.84. The van der Waals surface area contributed by atoms with E-state index in [0.29, 0.717) is 6.61 Å². The molecule has 0 radical (unpaired) electrons. The molecule has 0 heterocycles. The highest BCUT2D eigenvalue weighted by atomic mass is 16.5. The standard InChI is InChI=1S/C19H20O/c1-3-5-14-20-15-17-8-12-19(13-9-17)18-10-6-16(4-2)7-11-18/h3-4,6-13H,1-2,5,14-15H2. The largest absolute Gasteiger partial charge is 0.376 e. The van der Waals surface area contributed by atoms with Crippen molar-refractivity contribution < 1.29 is 4.74 Å². The Kier molecular flexibility index (Phi) is 5.33. The molecular weight excluding hydrogens is 244 g/mol. The highest BCUT2D eigenvalue weighted by molar-refractivity contribution is 5.65. The zero-order valence-electron chi connectivity index (χ0n) is 11.7. The van der Waals surface area contributed by atoms with Gasteiger partial charge in [0.25, 0.3) is 0 Å². The highest BCUT2D eigenvalue weighted by Crippen LogP contribution is 2.21. The molecule has 0 amide bonds. The Morgan fingerprint density at radius 2 is 1.45 bits per heavy atom. The van der Waals surface area contributed by atoms with Crippen LogP contribution in [0.5, 0.6) is 0 Å². The van der Waals surface area contributed by atoms with Gasteiger partial charge in [-0.2, -0.15) is 0 Å². The van der Waals surface area contributed by atoms with Gasteiger partial charge in [-0.3, -0.25) is 0 Å². The third kappa shape index (κ3) is 3.94. The summed E-state index contributed by atoms with van der Waals surface area (Å²) in [6.45, 7) is 8.83. The molecule has 102 valence electrons. The summed E-state index contributed by atoms with van der Waals surface area (Å²) in [6.07, 6.45) is 4.62. The Morgan fingerprint density at radius 3 is 2.00 bits per heavy atom. The van der Waals surface area contributed by atoms with E-state index in [1.165, 1.54) is 16.7 Å². The van der Waals surface area contributed by atoms with Crippen LogP contribution in [0.1, 0.15) is 17.5 Å². The molecule has 0 saturated carbocycles. The monoisotopic (exact) mass is 264 g/mol. The van der Waals surface area contributed by atoms with Crippen molar-refractivity contribution >= 4 is 6.08 Å².